The first-order valence-electron chi connectivity index (χ1n) is 8.99. The van der Waals surface area contributed by atoms with Crippen molar-refractivity contribution in [1.29, 1.82) is 0 Å². The van der Waals surface area contributed by atoms with Gasteiger partial charge in [-0.2, -0.15) is 0 Å². The van der Waals surface area contributed by atoms with Crippen molar-refractivity contribution in [3.63, 3.8) is 0 Å². The number of hydrogen-bond donors (Lipinski definition) is 0. The molecule has 0 heterocycles. The van der Waals surface area contributed by atoms with Gasteiger partial charge < -0.3 is 0 Å². The number of hydrogen-bond acceptors (Lipinski definition) is 2. The minimum atomic E-state index is -2.61. The van der Waals surface area contributed by atoms with Crippen LogP contribution in [0.15, 0.2) is 91.0 Å². The molecule has 0 amide bonds. The van der Waals surface area contributed by atoms with Crippen LogP contribution >= 0.6 is 7.26 Å². The molecule has 3 aromatic rings. The third kappa shape index (κ3) is 3.18. The molecule has 3 aromatic carbocycles. The topological polar surface area (TPSA) is 26.3 Å². The number of ether oxygens (including phenoxy) is 1. The van der Waals surface area contributed by atoms with Crippen LogP contribution in [0.2, 0.25) is 0 Å². The van der Waals surface area contributed by atoms with E-state index in [0.29, 0.717) is 0 Å². The number of benzene rings is 3. The molecule has 0 aliphatic heterocycles. The number of carbonyl (C=O) groups is 1. The molecule has 0 fully saturated rings. The van der Waals surface area contributed by atoms with Crippen molar-refractivity contribution in [2.45, 2.75) is 19.0 Å². The first kappa shape index (κ1) is 18.4. The van der Waals surface area contributed by atoms with Gasteiger partial charge in [-0.1, -0.05) is 0 Å². The third-order valence-corrected chi connectivity index (χ3v) is 10.5. The summed E-state index contributed by atoms with van der Waals surface area (Å²) < 4.78 is 5.27. The van der Waals surface area contributed by atoms with Crippen LogP contribution in [-0.2, 0) is 9.53 Å². The fraction of sp³-hybridized carbons (Fsp3) is 0.174. The van der Waals surface area contributed by atoms with Gasteiger partial charge in [0.05, 0.1) is 0 Å². The summed E-state index contributed by atoms with van der Waals surface area (Å²) in [7, 11) is -1.12. The van der Waals surface area contributed by atoms with Gasteiger partial charge in [-0.25, -0.2) is 0 Å². The summed E-state index contributed by atoms with van der Waals surface area (Å²) in [5, 5.41) is 3.69. The van der Waals surface area contributed by atoms with Crippen molar-refractivity contribution in [3.8, 4) is 0 Å². The van der Waals surface area contributed by atoms with Crippen molar-refractivity contribution in [3.05, 3.63) is 91.0 Å². The predicted molar refractivity (Wildman–Crippen MR) is 113 cm³/mol. The molecule has 0 N–H and O–H groups in total. The molecule has 1 unspecified atom stereocenters. The SMILES string of the molecule is CCC(C(=O)OC)[PH](c1ccccc1)(c1ccccc1)c1ccccc1. The Labute approximate surface area is 156 Å². The van der Waals surface area contributed by atoms with E-state index >= 15 is 0 Å². The molecular weight excluding hydrogens is 339 g/mol. The minimum absolute atomic E-state index is 0.129. The van der Waals surface area contributed by atoms with E-state index in [4.69, 9.17) is 4.74 Å². The Bertz CT molecular complexity index is 735. The van der Waals surface area contributed by atoms with E-state index in [1.165, 1.54) is 23.0 Å². The summed E-state index contributed by atoms with van der Waals surface area (Å²) in [5.41, 5.74) is -0.195. The molecule has 0 saturated carbocycles. The monoisotopic (exact) mass is 364 g/mol. The van der Waals surface area contributed by atoms with Crippen LogP contribution in [-0.4, -0.2) is 18.7 Å². The fourth-order valence-electron chi connectivity index (χ4n) is 4.00. The second kappa shape index (κ2) is 8.29. The number of methoxy groups -OCH3 is 1. The van der Waals surface area contributed by atoms with Gasteiger partial charge in [-0.05, 0) is 0 Å². The zero-order chi connectivity index (χ0) is 18.4. The van der Waals surface area contributed by atoms with Crippen LogP contribution in [0.5, 0.6) is 0 Å². The van der Waals surface area contributed by atoms with Gasteiger partial charge in [-0.15, -0.1) is 0 Å². The van der Waals surface area contributed by atoms with Crippen molar-refractivity contribution >= 4 is 29.1 Å². The van der Waals surface area contributed by atoms with E-state index in [2.05, 4.69) is 79.7 Å². The van der Waals surface area contributed by atoms with Crippen LogP contribution in [0.3, 0.4) is 0 Å². The van der Waals surface area contributed by atoms with Crippen molar-refractivity contribution in [2.24, 2.45) is 0 Å². The van der Waals surface area contributed by atoms with Gasteiger partial charge in [0.25, 0.3) is 0 Å². The van der Waals surface area contributed by atoms with E-state index in [-0.39, 0.29) is 11.6 Å². The van der Waals surface area contributed by atoms with E-state index in [9.17, 15) is 4.79 Å². The Morgan fingerprint density at radius 2 is 1.12 bits per heavy atom. The Morgan fingerprint density at radius 3 is 1.38 bits per heavy atom. The van der Waals surface area contributed by atoms with Crippen LogP contribution in [0.4, 0.5) is 0 Å². The maximum absolute atomic E-state index is 12.9. The molecule has 1 atom stereocenters. The van der Waals surface area contributed by atoms with Gasteiger partial charge in [0.1, 0.15) is 0 Å². The standard InChI is InChI=1S/C23H25O2P/c1-3-22(23(24)25-2)26(19-13-7-4-8-14-19,20-15-9-5-10-16-20)21-17-11-6-12-18-21/h4-18,22,26H,3H2,1-2H3. The van der Waals surface area contributed by atoms with Crippen LogP contribution in [0.25, 0.3) is 0 Å². The first-order chi connectivity index (χ1) is 12.7. The van der Waals surface area contributed by atoms with E-state index in [0.717, 1.165) is 6.42 Å². The summed E-state index contributed by atoms with van der Waals surface area (Å²) >= 11 is 0. The summed E-state index contributed by atoms with van der Waals surface area (Å²) in [6.07, 6.45) is 0.734. The molecule has 2 nitrogen and oxygen atoms in total. The molecule has 0 saturated heterocycles. The Kier molecular flexibility index (Phi) is 5.85. The van der Waals surface area contributed by atoms with Gasteiger partial charge >= 0.3 is 156 Å². The maximum atomic E-state index is 12.9. The molecule has 0 bridgehead atoms. The molecule has 0 aliphatic carbocycles. The van der Waals surface area contributed by atoms with E-state index < -0.39 is 7.26 Å². The Balaban J connectivity index is 2.41. The number of esters is 1. The van der Waals surface area contributed by atoms with Crippen LogP contribution in [0.1, 0.15) is 13.3 Å². The van der Waals surface area contributed by atoms with E-state index in [1.807, 2.05) is 18.2 Å². The molecule has 0 spiro atoms. The molecule has 3 heteroatoms. The summed E-state index contributed by atoms with van der Waals surface area (Å²) in [5.74, 6) is -0.129. The number of rotatable bonds is 6. The molecule has 0 aliphatic rings. The molecule has 134 valence electrons. The second-order valence-electron chi connectivity index (χ2n) is 6.39. The quantitative estimate of drug-likeness (QED) is 0.493. The Hall–Kier alpha value is -2.44. The normalized spacial score (nSPS) is 13.0. The van der Waals surface area contributed by atoms with Crippen LogP contribution in [0, 0.1) is 0 Å². The molecule has 26 heavy (non-hydrogen) atoms. The summed E-state index contributed by atoms with van der Waals surface area (Å²) in [6.45, 7) is 2.08. The molecule has 0 aromatic heterocycles. The van der Waals surface area contributed by atoms with E-state index in [1.54, 1.807) is 0 Å². The van der Waals surface area contributed by atoms with Gasteiger partial charge in [-0.3, -0.25) is 0 Å². The summed E-state index contributed by atoms with van der Waals surface area (Å²) in [6, 6.07) is 31.4. The molecular formula is C23H25O2P. The molecule has 0 radical (unpaired) electrons. The molecule has 3 rings (SSSR count). The average molecular weight is 364 g/mol. The zero-order valence-corrected chi connectivity index (χ0v) is 16.3. The van der Waals surface area contributed by atoms with Gasteiger partial charge in [0.2, 0.25) is 0 Å². The fourth-order valence-corrected chi connectivity index (χ4v) is 9.44. The van der Waals surface area contributed by atoms with Gasteiger partial charge in [0.15, 0.2) is 0 Å². The van der Waals surface area contributed by atoms with Crippen molar-refractivity contribution < 1.29 is 9.53 Å². The third-order valence-electron chi connectivity index (χ3n) is 5.10. The Morgan fingerprint density at radius 1 is 0.769 bits per heavy atom. The predicted octanol–water partition coefficient (Wildman–Crippen LogP) is 3.66. The summed E-state index contributed by atoms with van der Waals surface area (Å²) in [4.78, 5) is 12.9. The first-order valence-corrected chi connectivity index (χ1v) is 11.1. The van der Waals surface area contributed by atoms with Crippen molar-refractivity contribution in [2.75, 3.05) is 7.11 Å². The zero-order valence-electron chi connectivity index (χ0n) is 15.3. The van der Waals surface area contributed by atoms with Crippen LogP contribution < -0.4 is 15.9 Å². The second-order valence-corrected chi connectivity index (χ2v) is 10.4. The number of carbonyl (C=O) groups excluding carboxylic acids is 1. The average Bonchev–Trinajstić information content (AvgIpc) is 2.73. The van der Waals surface area contributed by atoms with Gasteiger partial charge in [0, 0.05) is 0 Å². The van der Waals surface area contributed by atoms with Crippen molar-refractivity contribution in [1.82, 2.24) is 0 Å².